The largest absolute Gasteiger partial charge is 0.378 e. The molecule has 4 atom stereocenters. The molecular weight excluding hydrogens is 477 g/mol. The maximum atomic E-state index is 15.6. The molecule has 0 spiro atoms. The summed E-state index contributed by atoms with van der Waals surface area (Å²) in [5.74, 6) is -0.108. The van der Waals surface area contributed by atoms with Crippen molar-refractivity contribution >= 4 is 29.1 Å². The van der Waals surface area contributed by atoms with Crippen molar-refractivity contribution in [2.75, 3.05) is 23.9 Å². The molecule has 2 saturated carbocycles. The molecule has 2 bridgehead atoms. The predicted octanol–water partition coefficient (Wildman–Crippen LogP) is 6.53. The molecule has 0 N–H and O–H groups in total. The summed E-state index contributed by atoms with van der Waals surface area (Å²) in [5, 5.41) is 0. The average molecular weight is 513 g/mol. The monoisotopic (exact) mass is 512 g/mol. The highest BCUT2D eigenvalue weighted by atomic mass is 19.1. The molecule has 6 heteroatoms. The number of anilines is 2. The van der Waals surface area contributed by atoms with Gasteiger partial charge in [0, 0.05) is 37.5 Å². The van der Waals surface area contributed by atoms with Gasteiger partial charge in [-0.1, -0.05) is 30.7 Å². The van der Waals surface area contributed by atoms with E-state index in [0.717, 1.165) is 36.9 Å². The molecular formula is C32H34FN3O2. The van der Waals surface area contributed by atoms with E-state index in [1.54, 1.807) is 30.5 Å². The number of hydrogen-bond donors (Lipinski definition) is 0. The Balaban J connectivity index is 1.49. The molecule has 1 amide bonds. The molecule has 2 aliphatic carbocycles. The number of nitrogens with zero attached hydrogens (tertiary/aromatic N) is 3. The lowest BCUT2D eigenvalue weighted by molar-refractivity contribution is -0.124. The Morgan fingerprint density at radius 2 is 1.79 bits per heavy atom. The number of amides is 1. The van der Waals surface area contributed by atoms with E-state index in [1.807, 2.05) is 43.3 Å². The van der Waals surface area contributed by atoms with E-state index >= 15 is 4.39 Å². The zero-order valence-corrected chi connectivity index (χ0v) is 22.1. The summed E-state index contributed by atoms with van der Waals surface area (Å²) in [5.41, 5.74) is 3.82. The lowest BCUT2D eigenvalue weighted by atomic mass is 9.87. The van der Waals surface area contributed by atoms with Crippen molar-refractivity contribution in [1.82, 2.24) is 4.98 Å². The van der Waals surface area contributed by atoms with E-state index in [2.05, 4.69) is 4.98 Å². The van der Waals surface area contributed by atoms with Gasteiger partial charge >= 0.3 is 0 Å². The second-order valence-corrected chi connectivity index (χ2v) is 10.7. The van der Waals surface area contributed by atoms with Gasteiger partial charge in [0.25, 0.3) is 0 Å². The van der Waals surface area contributed by atoms with Crippen LogP contribution in [0.25, 0.3) is 17.2 Å². The summed E-state index contributed by atoms with van der Waals surface area (Å²) >= 11 is 0. The lowest BCUT2D eigenvalue weighted by Gasteiger charge is -2.30. The van der Waals surface area contributed by atoms with Gasteiger partial charge in [0.2, 0.25) is 5.91 Å². The molecule has 0 aliphatic heterocycles. The Kier molecular flexibility index (Phi) is 7.04. The predicted molar refractivity (Wildman–Crippen MR) is 150 cm³/mol. The number of carbonyl (C=O) groups is 2. The van der Waals surface area contributed by atoms with Crippen LogP contribution in [0.5, 0.6) is 0 Å². The molecule has 196 valence electrons. The third-order valence-electron chi connectivity index (χ3n) is 7.81. The van der Waals surface area contributed by atoms with Crippen LogP contribution in [0.15, 0.2) is 67.0 Å². The summed E-state index contributed by atoms with van der Waals surface area (Å²) in [6.07, 6.45) is 10.2. The molecule has 38 heavy (non-hydrogen) atoms. The SMILES string of the molecule is [2H]C(c1ccc(-c2ccc(N(C)C)cc2)cc1F)N(C(=O)[C@@H]1C[C@@H]2CC[C@H]1C2)c1cncc(/C=C/C(C)=O)c1. The standard InChI is InChI=1S/C32H34FN3O2/c1-21(37)4-5-23-15-29(19-34-18-23)36(32(38)30-16-22-6-7-26(30)14-22)20-27-9-8-25(17-31(27)33)24-10-12-28(13-11-24)35(2)3/h4-5,8-13,15,17-19,22,26,30H,6-7,14,16,20H2,1-3H3/b5-4+/t22-,26+,30-/m1/s1/i20D/t20?,22-,26+,30-. The van der Waals surface area contributed by atoms with Crippen LogP contribution in [0.3, 0.4) is 0 Å². The first kappa shape index (κ1) is 24.5. The van der Waals surface area contributed by atoms with E-state index < -0.39 is 12.3 Å². The van der Waals surface area contributed by atoms with Crippen molar-refractivity contribution < 1.29 is 15.4 Å². The van der Waals surface area contributed by atoms with Crippen LogP contribution >= 0.6 is 0 Å². The van der Waals surface area contributed by atoms with E-state index in [-0.39, 0.29) is 23.2 Å². The first-order valence-electron chi connectivity index (χ1n) is 13.7. The Bertz CT molecular complexity index is 1400. The normalized spacial score (nSPS) is 21.4. The summed E-state index contributed by atoms with van der Waals surface area (Å²) in [4.78, 5) is 33.1. The Morgan fingerprint density at radius 1 is 1.03 bits per heavy atom. The van der Waals surface area contributed by atoms with Gasteiger partial charge < -0.3 is 9.80 Å². The van der Waals surface area contributed by atoms with E-state index in [0.29, 0.717) is 28.7 Å². The van der Waals surface area contributed by atoms with Gasteiger partial charge in [-0.05, 0) is 91.1 Å². The van der Waals surface area contributed by atoms with Gasteiger partial charge in [0.15, 0.2) is 5.78 Å². The van der Waals surface area contributed by atoms with Crippen LogP contribution in [-0.2, 0) is 16.1 Å². The molecule has 2 fully saturated rings. The molecule has 3 aromatic rings. The van der Waals surface area contributed by atoms with Crippen molar-refractivity contribution in [3.8, 4) is 11.1 Å². The maximum absolute atomic E-state index is 15.6. The molecule has 2 aromatic carbocycles. The third kappa shape index (κ3) is 5.54. The second-order valence-electron chi connectivity index (χ2n) is 10.7. The van der Waals surface area contributed by atoms with Crippen molar-refractivity contribution in [1.29, 1.82) is 0 Å². The number of pyridine rings is 1. The lowest BCUT2D eigenvalue weighted by Crippen LogP contribution is -2.38. The minimum Gasteiger partial charge on any atom is -0.378 e. The van der Waals surface area contributed by atoms with Gasteiger partial charge in [-0.2, -0.15) is 0 Å². The average Bonchev–Trinajstić information content (AvgIpc) is 3.56. The first-order chi connectivity index (χ1) is 18.7. The zero-order chi connectivity index (χ0) is 27.7. The number of fused-ring (bicyclic) bond motifs is 2. The fourth-order valence-corrected chi connectivity index (χ4v) is 5.78. The summed E-state index contributed by atoms with van der Waals surface area (Å²) < 4.78 is 24.7. The van der Waals surface area contributed by atoms with Gasteiger partial charge in [-0.25, -0.2) is 4.39 Å². The number of hydrogen-bond acceptors (Lipinski definition) is 4. The summed E-state index contributed by atoms with van der Waals surface area (Å²) in [7, 11) is 3.93. The molecule has 0 radical (unpaired) electrons. The minimum atomic E-state index is -1.28. The zero-order valence-electron chi connectivity index (χ0n) is 23.1. The van der Waals surface area contributed by atoms with Gasteiger partial charge in [0.05, 0.1) is 19.8 Å². The van der Waals surface area contributed by atoms with Crippen molar-refractivity contribution in [2.45, 2.75) is 39.1 Å². The fraction of sp³-hybridized carbons (Fsp3) is 0.344. The highest BCUT2D eigenvalue weighted by Crippen LogP contribution is 2.49. The van der Waals surface area contributed by atoms with E-state index in [1.165, 1.54) is 30.2 Å². The van der Waals surface area contributed by atoms with Crippen LogP contribution < -0.4 is 9.80 Å². The number of benzene rings is 2. The van der Waals surface area contributed by atoms with Gasteiger partial charge in [0.1, 0.15) is 5.82 Å². The molecule has 0 saturated heterocycles. The number of aromatic nitrogens is 1. The maximum Gasteiger partial charge on any atom is 0.230 e. The van der Waals surface area contributed by atoms with Crippen molar-refractivity contribution in [3.63, 3.8) is 0 Å². The van der Waals surface area contributed by atoms with Crippen molar-refractivity contribution in [3.05, 3.63) is 83.9 Å². The molecule has 1 unspecified atom stereocenters. The minimum absolute atomic E-state index is 0.104. The van der Waals surface area contributed by atoms with E-state index in [9.17, 15) is 9.59 Å². The fourth-order valence-electron chi connectivity index (χ4n) is 5.78. The Labute approximate surface area is 225 Å². The van der Waals surface area contributed by atoms with Crippen LogP contribution in [0.2, 0.25) is 0 Å². The van der Waals surface area contributed by atoms with Crippen LogP contribution in [0.4, 0.5) is 15.8 Å². The number of ketones is 1. The topological polar surface area (TPSA) is 53.5 Å². The number of carbonyl (C=O) groups excluding carboxylic acids is 2. The quantitative estimate of drug-likeness (QED) is 0.322. The van der Waals surface area contributed by atoms with Gasteiger partial charge in [-0.15, -0.1) is 0 Å². The molecule has 5 nitrogen and oxygen atoms in total. The van der Waals surface area contributed by atoms with Crippen LogP contribution in [0.1, 0.15) is 45.1 Å². The molecule has 1 aromatic heterocycles. The second kappa shape index (κ2) is 10.9. The third-order valence-corrected chi connectivity index (χ3v) is 7.81. The summed E-state index contributed by atoms with van der Waals surface area (Å²) in [6, 6.07) is 14.4. The van der Waals surface area contributed by atoms with Crippen molar-refractivity contribution in [2.24, 2.45) is 17.8 Å². The number of halogens is 1. The molecule has 5 rings (SSSR count). The highest BCUT2D eigenvalue weighted by molar-refractivity contribution is 5.96. The van der Waals surface area contributed by atoms with Crippen LogP contribution in [-0.4, -0.2) is 30.8 Å². The summed E-state index contributed by atoms with van der Waals surface area (Å²) in [6.45, 7) is 0.178. The molecule has 1 heterocycles. The first-order valence-corrected chi connectivity index (χ1v) is 13.2. The number of allylic oxidation sites excluding steroid dienone is 1. The Hall–Kier alpha value is -3.80. The smallest absolute Gasteiger partial charge is 0.230 e. The van der Waals surface area contributed by atoms with E-state index in [4.69, 9.17) is 1.37 Å². The Morgan fingerprint density at radius 3 is 2.42 bits per heavy atom. The highest BCUT2D eigenvalue weighted by Gasteiger charge is 2.44. The number of rotatable bonds is 8. The molecule has 2 aliphatic rings. The van der Waals surface area contributed by atoms with Crippen LogP contribution in [0, 0.1) is 23.6 Å². The van der Waals surface area contributed by atoms with Gasteiger partial charge in [-0.3, -0.25) is 14.6 Å².